The molecule has 1 aromatic rings. The number of benzene rings is 1. The summed E-state index contributed by atoms with van der Waals surface area (Å²) in [5.41, 5.74) is 2.00. The van der Waals surface area contributed by atoms with Crippen molar-refractivity contribution in [3.05, 3.63) is 24.3 Å². The first kappa shape index (κ1) is 13.3. The molecule has 1 aromatic carbocycles. The van der Waals surface area contributed by atoms with E-state index in [0.29, 0.717) is 12.8 Å². The van der Waals surface area contributed by atoms with Crippen molar-refractivity contribution in [2.75, 3.05) is 26.5 Å². The predicted molar refractivity (Wildman–Crippen MR) is 72.7 cm³/mol. The van der Waals surface area contributed by atoms with E-state index in [0.717, 1.165) is 10.2 Å². The Labute approximate surface area is 103 Å². The predicted octanol–water partition coefficient (Wildman–Crippen LogP) is 2.24. The number of terminal acetylenes is 1. The highest BCUT2D eigenvalue weighted by Crippen LogP contribution is 2.19. The fourth-order valence-corrected chi connectivity index (χ4v) is 1.40. The summed E-state index contributed by atoms with van der Waals surface area (Å²) in [6.07, 6.45) is 5.95. The Hall–Kier alpha value is -1.79. The van der Waals surface area contributed by atoms with Gasteiger partial charge in [-0.1, -0.05) is 0 Å². The van der Waals surface area contributed by atoms with Crippen molar-refractivity contribution in [3.63, 3.8) is 0 Å². The number of rotatable bonds is 4. The molecule has 90 valence electrons. The van der Waals surface area contributed by atoms with Crippen LogP contribution in [0.1, 0.15) is 12.8 Å². The lowest BCUT2D eigenvalue weighted by Crippen LogP contribution is -2.34. The van der Waals surface area contributed by atoms with Crippen molar-refractivity contribution in [3.8, 4) is 12.3 Å². The number of hydrogen-bond acceptors (Lipinski definition) is 1. The molecule has 0 aliphatic rings. The van der Waals surface area contributed by atoms with Crippen LogP contribution in [0.4, 0.5) is 11.4 Å². The first-order valence-electron chi connectivity index (χ1n) is 5.59. The van der Waals surface area contributed by atoms with E-state index in [9.17, 15) is 4.79 Å². The third-order valence-electron chi connectivity index (χ3n) is 2.42. The Balaban J connectivity index is 2.63. The molecule has 1 amide bonds. The van der Waals surface area contributed by atoms with Crippen LogP contribution >= 0.6 is 0 Å². The number of carbonyl (C=O) groups excluding carboxylic acids is 1. The lowest BCUT2D eigenvalue weighted by Gasteiger charge is -2.23. The van der Waals surface area contributed by atoms with Crippen molar-refractivity contribution in [1.82, 2.24) is 4.48 Å². The van der Waals surface area contributed by atoms with Crippen LogP contribution in [0.25, 0.3) is 0 Å². The molecule has 3 heteroatoms. The minimum absolute atomic E-state index is 0.0408. The van der Waals surface area contributed by atoms with Crippen LogP contribution in [-0.2, 0) is 4.79 Å². The average Bonchev–Trinajstić information content (AvgIpc) is 2.26. The van der Waals surface area contributed by atoms with Crippen LogP contribution in [0.2, 0.25) is 0 Å². The highest BCUT2D eigenvalue weighted by atomic mass is 16.1. The van der Waals surface area contributed by atoms with Gasteiger partial charge in [0.05, 0.1) is 21.1 Å². The number of nitrogens with zero attached hydrogens (tertiary/aromatic N) is 1. The molecule has 0 saturated heterocycles. The van der Waals surface area contributed by atoms with E-state index in [4.69, 9.17) is 6.42 Å². The molecule has 3 nitrogen and oxygen atoms in total. The van der Waals surface area contributed by atoms with Gasteiger partial charge in [0.2, 0.25) is 5.91 Å². The second-order valence-corrected chi connectivity index (χ2v) is 4.81. The lowest BCUT2D eigenvalue weighted by molar-refractivity contribution is -0.116. The molecule has 17 heavy (non-hydrogen) atoms. The van der Waals surface area contributed by atoms with Crippen molar-refractivity contribution >= 4 is 17.3 Å². The highest BCUT2D eigenvalue weighted by molar-refractivity contribution is 5.90. The van der Waals surface area contributed by atoms with Gasteiger partial charge in [0.25, 0.3) is 0 Å². The van der Waals surface area contributed by atoms with Crippen molar-refractivity contribution in [1.29, 1.82) is 0 Å². The van der Waals surface area contributed by atoms with Gasteiger partial charge in [-0.3, -0.25) is 9.28 Å². The van der Waals surface area contributed by atoms with Crippen molar-refractivity contribution in [2.45, 2.75) is 12.8 Å². The van der Waals surface area contributed by atoms with Gasteiger partial charge in [-0.15, -0.1) is 12.3 Å². The molecule has 0 aromatic heterocycles. The van der Waals surface area contributed by atoms with Gasteiger partial charge < -0.3 is 5.32 Å². The van der Waals surface area contributed by atoms with Crippen LogP contribution in [-0.4, -0.2) is 27.1 Å². The normalized spacial score (nSPS) is 10.7. The zero-order valence-electron chi connectivity index (χ0n) is 10.7. The van der Waals surface area contributed by atoms with Gasteiger partial charge in [0.1, 0.15) is 5.69 Å². The van der Waals surface area contributed by atoms with Gasteiger partial charge >= 0.3 is 0 Å². The summed E-state index contributed by atoms with van der Waals surface area (Å²) in [5.74, 6) is 2.41. The van der Waals surface area contributed by atoms with Gasteiger partial charge in [0, 0.05) is 30.7 Å². The van der Waals surface area contributed by atoms with Crippen molar-refractivity contribution in [2.24, 2.45) is 0 Å². The van der Waals surface area contributed by atoms with Crippen LogP contribution in [0, 0.1) is 12.3 Å². The number of carbonyl (C=O) groups is 1. The summed E-state index contributed by atoms with van der Waals surface area (Å²) in [5, 5.41) is 2.81. The SMILES string of the molecule is C#CCCC(=O)Nc1ccc([N+](C)(C)C)cc1. The second kappa shape index (κ2) is 5.51. The highest BCUT2D eigenvalue weighted by Gasteiger charge is 2.11. The fraction of sp³-hybridized carbons (Fsp3) is 0.357. The van der Waals surface area contributed by atoms with E-state index in [1.54, 1.807) is 0 Å². The largest absolute Gasteiger partial charge is 0.326 e. The monoisotopic (exact) mass is 231 g/mol. The number of quaternary nitrogens is 1. The molecule has 0 aliphatic heterocycles. The van der Waals surface area contributed by atoms with Crippen LogP contribution < -0.4 is 9.80 Å². The summed E-state index contributed by atoms with van der Waals surface area (Å²) in [6.45, 7) is 0. The minimum atomic E-state index is -0.0408. The van der Waals surface area contributed by atoms with E-state index < -0.39 is 0 Å². The van der Waals surface area contributed by atoms with Crippen LogP contribution in [0.3, 0.4) is 0 Å². The van der Waals surface area contributed by atoms with E-state index in [2.05, 4.69) is 32.4 Å². The summed E-state index contributed by atoms with van der Waals surface area (Å²) >= 11 is 0. The molecule has 0 heterocycles. The Morgan fingerprint density at radius 1 is 1.29 bits per heavy atom. The molecular weight excluding hydrogens is 212 g/mol. The van der Waals surface area contributed by atoms with E-state index in [-0.39, 0.29) is 5.91 Å². The molecule has 0 unspecified atom stereocenters. The number of nitrogens with one attached hydrogen (secondary N) is 1. The molecule has 1 rings (SSSR count). The molecule has 0 aliphatic carbocycles. The Bertz CT molecular complexity index is 421. The smallest absolute Gasteiger partial charge is 0.225 e. The quantitative estimate of drug-likeness (QED) is 0.625. The molecule has 0 fully saturated rings. The van der Waals surface area contributed by atoms with Crippen LogP contribution in [0.5, 0.6) is 0 Å². The fourth-order valence-electron chi connectivity index (χ4n) is 1.40. The second-order valence-electron chi connectivity index (χ2n) is 4.81. The van der Waals surface area contributed by atoms with Gasteiger partial charge in [-0.25, -0.2) is 0 Å². The van der Waals surface area contributed by atoms with E-state index in [1.165, 1.54) is 5.69 Å². The maximum atomic E-state index is 11.4. The average molecular weight is 231 g/mol. The molecule has 1 N–H and O–H groups in total. The number of amides is 1. The third-order valence-corrected chi connectivity index (χ3v) is 2.42. The Morgan fingerprint density at radius 3 is 2.35 bits per heavy atom. The zero-order valence-corrected chi connectivity index (χ0v) is 10.7. The molecule has 0 saturated carbocycles. The van der Waals surface area contributed by atoms with Gasteiger partial charge in [0.15, 0.2) is 0 Å². The molecule has 0 spiro atoms. The number of anilines is 1. The first-order valence-corrected chi connectivity index (χ1v) is 5.59. The molecule has 0 bridgehead atoms. The minimum Gasteiger partial charge on any atom is -0.326 e. The molecular formula is C14H19N2O+. The summed E-state index contributed by atoms with van der Waals surface area (Å²) < 4.78 is 0.755. The summed E-state index contributed by atoms with van der Waals surface area (Å²) in [7, 11) is 6.29. The maximum absolute atomic E-state index is 11.4. The van der Waals surface area contributed by atoms with Gasteiger partial charge in [-0.2, -0.15) is 0 Å². The molecule has 0 atom stereocenters. The standard InChI is InChI=1S/C14H18N2O/c1-5-6-7-14(17)15-12-8-10-13(11-9-12)16(2,3)4/h1,8-11H,6-7H2,2-4H3/p+1. The Morgan fingerprint density at radius 2 is 1.88 bits per heavy atom. The topological polar surface area (TPSA) is 29.1 Å². The third kappa shape index (κ3) is 4.29. The first-order chi connectivity index (χ1) is 7.93. The van der Waals surface area contributed by atoms with E-state index in [1.807, 2.05) is 24.3 Å². The van der Waals surface area contributed by atoms with Crippen LogP contribution in [0.15, 0.2) is 24.3 Å². The molecule has 0 radical (unpaired) electrons. The van der Waals surface area contributed by atoms with Crippen molar-refractivity contribution < 1.29 is 4.79 Å². The Kier molecular flexibility index (Phi) is 4.30. The lowest BCUT2D eigenvalue weighted by atomic mass is 10.2. The maximum Gasteiger partial charge on any atom is 0.225 e. The summed E-state index contributed by atoms with van der Waals surface area (Å²) in [4.78, 5) is 11.4. The van der Waals surface area contributed by atoms with E-state index >= 15 is 0 Å². The zero-order chi connectivity index (χ0) is 12.9. The summed E-state index contributed by atoms with van der Waals surface area (Å²) in [6, 6.07) is 7.84. The number of hydrogen-bond donors (Lipinski definition) is 1. The van der Waals surface area contributed by atoms with Gasteiger partial charge in [-0.05, 0) is 12.1 Å².